The molecule has 0 N–H and O–H groups in total. The minimum atomic E-state index is -0.889. The number of benzene rings is 3. The van der Waals surface area contributed by atoms with Crippen LogP contribution < -0.4 is 0 Å². The maximum atomic E-state index is 15.3. The molecule has 3 aromatic rings. The van der Waals surface area contributed by atoms with Crippen molar-refractivity contribution in [2.45, 2.75) is 77.6 Å². The highest BCUT2D eigenvalue weighted by Crippen LogP contribution is 2.45. The van der Waals surface area contributed by atoms with Crippen molar-refractivity contribution >= 4 is 0 Å². The molecule has 2 fully saturated rings. The van der Waals surface area contributed by atoms with Crippen LogP contribution in [0.5, 0.6) is 0 Å². The number of rotatable bonds is 6. The van der Waals surface area contributed by atoms with Gasteiger partial charge in [-0.25, -0.2) is 17.6 Å². The average Bonchev–Trinajstić information content (AvgIpc) is 2.97. The third-order valence-electron chi connectivity index (χ3n) is 9.32. The van der Waals surface area contributed by atoms with Crippen LogP contribution in [-0.2, 0) is 6.42 Å². The van der Waals surface area contributed by atoms with Crippen LogP contribution >= 0.6 is 0 Å². The predicted octanol–water partition coefficient (Wildman–Crippen LogP) is 10.8. The van der Waals surface area contributed by atoms with Gasteiger partial charge in [-0.15, -0.1) is 0 Å². The van der Waals surface area contributed by atoms with Crippen molar-refractivity contribution in [3.8, 4) is 22.3 Å². The van der Waals surface area contributed by atoms with Crippen LogP contribution in [0.2, 0.25) is 0 Å². The van der Waals surface area contributed by atoms with Crippen molar-refractivity contribution in [3.63, 3.8) is 0 Å². The van der Waals surface area contributed by atoms with Gasteiger partial charge < -0.3 is 0 Å². The maximum Gasteiger partial charge on any atom is 0.166 e. The van der Waals surface area contributed by atoms with Gasteiger partial charge >= 0.3 is 0 Å². The Hall–Kier alpha value is -2.88. The van der Waals surface area contributed by atoms with E-state index >= 15 is 8.78 Å². The van der Waals surface area contributed by atoms with Gasteiger partial charge in [0.05, 0.1) is 0 Å². The van der Waals surface area contributed by atoms with Crippen LogP contribution in [-0.4, -0.2) is 0 Å². The molecule has 0 saturated heterocycles. The monoisotopic (exact) mass is 534 g/mol. The average molecular weight is 535 g/mol. The van der Waals surface area contributed by atoms with Gasteiger partial charge in [-0.3, -0.25) is 0 Å². The quantitative estimate of drug-likeness (QED) is 0.218. The maximum absolute atomic E-state index is 15.3. The Morgan fingerprint density at radius 3 is 1.67 bits per heavy atom. The second-order valence-electron chi connectivity index (χ2n) is 11.5. The Kier molecular flexibility index (Phi) is 8.59. The fourth-order valence-corrected chi connectivity index (χ4v) is 7.00. The van der Waals surface area contributed by atoms with E-state index in [1.807, 2.05) is 0 Å². The highest BCUT2D eigenvalue weighted by Gasteiger charge is 2.32. The number of hydrogen-bond donors (Lipinski definition) is 0. The Labute approximate surface area is 230 Å². The third kappa shape index (κ3) is 5.71. The molecular formula is C35H38F4. The van der Waals surface area contributed by atoms with E-state index in [4.69, 9.17) is 0 Å². The van der Waals surface area contributed by atoms with Crippen LogP contribution in [0.3, 0.4) is 0 Å². The minimum absolute atomic E-state index is 0.0514. The van der Waals surface area contributed by atoms with Crippen LogP contribution in [0.15, 0.2) is 60.7 Å². The zero-order valence-electron chi connectivity index (χ0n) is 23.0. The molecule has 0 nitrogen and oxygen atoms in total. The fraction of sp³-hybridized carbons (Fsp3) is 0.429. The van der Waals surface area contributed by atoms with Gasteiger partial charge in [-0.1, -0.05) is 67.6 Å². The van der Waals surface area contributed by atoms with Gasteiger partial charge in [0.2, 0.25) is 0 Å². The first-order valence-electron chi connectivity index (χ1n) is 14.6. The molecule has 206 valence electrons. The van der Waals surface area contributed by atoms with Gasteiger partial charge in [-0.2, -0.15) is 0 Å². The molecule has 0 aromatic heterocycles. The summed E-state index contributed by atoms with van der Waals surface area (Å²) in [6.07, 6.45) is 14.0. The smallest absolute Gasteiger partial charge is 0.166 e. The second-order valence-corrected chi connectivity index (χ2v) is 11.5. The number of aryl methyl sites for hydroxylation is 1. The molecule has 2 saturated carbocycles. The molecule has 0 unspecified atom stereocenters. The normalized spacial score (nSPS) is 23.8. The van der Waals surface area contributed by atoms with Crippen LogP contribution in [0.4, 0.5) is 17.6 Å². The molecule has 39 heavy (non-hydrogen) atoms. The lowest BCUT2D eigenvalue weighted by Gasteiger charge is -2.37. The molecule has 0 heterocycles. The molecular weight excluding hydrogens is 496 g/mol. The molecule has 3 aromatic carbocycles. The molecule has 0 atom stereocenters. The van der Waals surface area contributed by atoms with Crippen molar-refractivity contribution in [2.75, 3.05) is 0 Å². The first-order valence-corrected chi connectivity index (χ1v) is 14.6. The van der Waals surface area contributed by atoms with Gasteiger partial charge in [0.25, 0.3) is 0 Å². The third-order valence-corrected chi connectivity index (χ3v) is 9.32. The molecule has 0 spiro atoms. The topological polar surface area (TPSA) is 0 Å². The van der Waals surface area contributed by atoms with E-state index in [0.29, 0.717) is 34.6 Å². The molecule has 0 radical (unpaired) electrons. The van der Waals surface area contributed by atoms with E-state index in [2.05, 4.69) is 19.1 Å². The largest absolute Gasteiger partial charge is 0.203 e. The summed E-state index contributed by atoms with van der Waals surface area (Å²) in [5.41, 5.74) is 2.14. The SMILES string of the molecule is C/C=C/C1CCC(C2CCC(c3ccc(-c4ccc(-c5ccc(CC)c(F)c5F)cc4)c(F)c3F)CC2)CC1. The van der Waals surface area contributed by atoms with Crippen molar-refractivity contribution in [1.29, 1.82) is 0 Å². The molecule has 0 bridgehead atoms. The highest BCUT2D eigenvalue weighted by atomic mass is 19.2. The van der Waals surface area contributed by atoms with Crippen LogP contribution in [0.1, 0.15) is 82.3 Å². The fourth-order valence-electron chi connectivity index (χ4n) is 7.00. The van der Waals surface area contributed by atoms with E-state index in [-0.39, 0.29) is 17.0 Å². The Balaban J connectivity index is 1.26. The summed E-state index contributed by atoms with van der Waals surface area (Å²) in [7, 11) is 0. The molecule has 0 aliphatic heterocycles. The zero-order valence-corrected chi connectivity index (χ0v) is 23.0. The van der Waals surface area contributed by atoms with Gasteiger partial charge in [0.1, 0.15) is 0 Å². The number of hydrogen-bond acceptors (Lipinski definition) is 0. The summed E-state index contributed by atoms with van der Waals surface area (Å²) in [5.74, 6) is -1.07. The van der Waals surface area contributed by atoms with Crippen molar-refractivity contribution in [1.82, 2.24) is 0 Å². The Morgan fingerprint density at radius 2 is 1.13 bits per heavy atom. The minimum Gasteiger partial charge on any atom is -0.203 e. The van der Waals surface area contributed by atoms with Crippen molar-refractivity contribution in [2.24, 2.45) is 17.8 Å². The van der Waals surface area contributed by atoms with Gasteiger partial charge in [-0.05, 0) is 111 Å². The second kappa shape index (κ2) is 12.1. The van der Waals surface area contributed by atoms with E-state index in [9.17, 15) is 8.78 Å². The van der Waals surface area contributed by atoms with Gasteiger partial charge in [0.15, 0.2) is 23.3 Å². The lowest BCUT2D eigenvalue weighted by atomic mass is 9.68. The van der Waals surface area contributed by atoms with E-state index in [1.165, 1.54) is 25.7 Å². The zero-order chi connectivity index (χ0) is 27.5. The molecule has 2 aliphatic rings. The van der Waals surface area contributed by atoms with E-state index < -0.39 is 23.3 Å². The lowest BCUT2D eigenvalue weighted by molar-refractivity contribution is 0.170. The lowest BCUT2D eigenvalue weighted by Crippen LogP contribution is -2.25. The molecule has 5 rings (SSSR count). The molecule has 4 heteroatoms. The summed E-state index contributed by atoms with van der Waals surface area (Å²) in [4.78, 5) is 0. The molecule has 0 amide bonds. The summed E-state index contributed by atoms with van der Waals surface area (Å²) in [6, 6.07) is 13.1. The van der Waals surface area contributed by atoms with Crippen LogP contribution in [0.25, 0.3) is 22.3 Å². The van der Waals surface area contributed by atoms with E-state index in [1.54, 1.807) is 55.5 Å². The van der Waals surface area contributed by atoms with Crippen molar-refractivity contribution in [3.05, 3.63) is 95.1 Å². The number of halogens is 4. The highest BCUT2D eigenvalue weighted by molar-refractivity contribution is 5.71. The summed E-state index contributed by atoms with van der Waals surface area (Å²) >= 11 is 0. The first-order chi connectivity index (χ1) is 18.9. The predicted molar refractivity (Wildman–Crippen MR) is 151 cm³/mol. The standard InChI is InChI=1S/C35H38F4/c1-3-5-22-6-8-24(9-7-22)25-10-12-26(13-11-25)30-20-21-31(35(39)34(30)38)28-16-14-27(15-17-28)29-19-18-23(4-2)32(36)33(29)37/h3,5,14-22,24-26H,4,6-13H2,1-2H3/b5-3+. The summed E-state index contributed by atoms with van der Waals surface area (Å²) in [5, 5.41) is 0. The van der Waals surface area contributed by atoms with E-state index in [0.717, 1.165) is 37.5 Å². The Bertz CT molecular complexity index is 1310. The Morgan fingerprint density at radius 1 is 0.615 bits per heavy atom. The number of allylic oxidation sites excluding steroid dienone is 2. The van der Waals surface area contributed by atoms with Gasteiger partial charge in [0, 0.05) is 11.1 Å². The first kappa shape index (κ1) is 27.7. The van der Waals surface area contributed by atoms with Crippen molar-refractivity contribution < 1.29 is 17.6 Å². The summed E-state index contributed by atoms with van der Waals surface area (Å²) in [6.45, 7) is 3.87. The van der Waals surface area contributed by atoms with Crippen LogP contribution in [0, 0.1) is 41.0 Å². The summed E-state index contributed by atoms with van der Waals surface area (Å²) < 4.78 is 59.5. The molecule has 2 aliphatic carbocycles.